The number of hydrogen-bond donors (Lipinski definition) is 1. The summed E-state index contributed by atoms with van der Waals surface area (Å²) in [7, 11) is 0. The maximum atomic E-state index is 13.7. The maximum Gasteiger partial charge on any atom is 0.220 e. The van der Waals surface area contributed by atoms with Crippen LogP contribution >= 0.6 is 0 Å². The van der Waals surface area contributed by atoms with Gasteiger partial charge in [-0.3, -0.25) is 9.69 Å². The molecule has 0 saturated carbocycles. The average molecular weight is 421 g/mol. The molecule has 0 radical (unpaired) electrons. The van der Waals surface area contributed by atoms with Crippen LogP contribution in [0.3, 0.4) is 0 Å². The predicted molar refractivity (Wildman–Crippen MR) is 119 cm³/mol. The van der Waals surface area contributed by atoms with Crippen LogP contribution in [0.1, 0.15) is 36.9 Å². The Morgan fingerprint density at radius 2 is 2.00 bits per heavy atom. The molecule has 1 aromatic carbocycles. The van der Waals surface area contributed by atoms with Gasteiger partial charge in [-0.1, -0.05) is 24.3 Å². The van der Waals surface area contributed by atoms with Gasteiger partial charge in [0.05, 0.1) is 0 Å². The zero-order valence-corrected chi connectivity index (χ0v) is 17.7. The third kappa shape index (κ3) is 5.79. The fourth-order valence-electron chi connectivity index (χ4n) is 4.28. The quantitative estimate of drug-likeness (QED) is 0.590. The molecule has 0 unspecified atom stereocenters. The zero-order chi connectivity index (χ0) is 21.5. The molecule has 4 rings (SSSR count). The van der Waals surface area contributed by atoms with Gasteiger partial charge in [0.2, 0.25) is 5.91 Å². The van der Waals surface area contributed by atoms with Crippen molar-refractivity contribution in [2.75, 3.05) is 13.1 Å². The Bertz CT molecular complexity index is 988. The third-order valence-corrected chi connectivity index (χ3v) is 5.93. The Hall–Kier alpha value is -2.99. The molecule has 0 spiro atoms. The summed E-state index contributed by atoms with van der Waals surface area (Å²) in [6.07, 6.45) is 7.51. The lowest BCUT2D eigenvalue weighted by atomic mass is 9.93. The van der Waals surface area contributed by atoms with Crippen LogP contribution in [0.2, 0.25) is 0 Å². The van der Waals surface area contributed by atoms with Crippen molar-refractivity contribution < 1.29 is 9.18 Å². The summed E-state index contributed by atoms with van der Waals surface area (Å²) >= 11 is 0. The van der Waals surface area contributed by atoms with Crippen molar-refractivity contribution in [2.24, 2.45) is 5.92 Å². The molecule has 6 heteroatoms. The number of carbonyl (C=O) groups is 1. The molecule has 3 heterocycles. The van der Waals surface area contributed by atoms with E-state index < -0.39 is 0 Å². The molecule has 1 aliphatic heterocycles. The number of amides is 1. The SMILES string of the molecule is O=C(CC[C@@H]1CCCN(Cc2cccn2-c2ccccn2)C1)NCc1ccccc1F. The number of piperidine rings is 1. The van der Waals surface area contributed by atoms with Crippen molar-refractivity contribution in [3.63, 3.8) is 0 Å². The number of pyridine rings is 1. The minimum atomic E-state index is -0.277. The Kier molecular flexibility index (Phi) is 7.10. The number of nitrogens with zero attached hydrogens (tertiary/aromatic N) is 3. The molecule has 0 aliphatic carbocycles. The Morgan fingerprint density at radius 3 is 2.84 bits per heavy atom. The van der Waals surface area contributed by atoms with E-state index >= 15 is 0 Å². The van der Waals surface area contributed by atoms with Gasteiger partial charge in [0.25, 0.3) is 0 Å². The summed E-state index contributed by atoms with van der Waals surface area (Å²) in [4.78, 5) is 19.2. The van der Waals surface area contributed by atoms with Gasteiger partial charge in [0.15, 0.2) is 0 Å². The molecule has 1 fully saturated rings. The number of rotatable bonds is 8. The van der Waals surface area contributed by atoms with E-state index in [9.17, 15) is 9.18 Å². The Balaban J connectivity index is 1.25. The van der Waals surface area contributed by atoms with Crippen LogP contribution in [0.5, 0.6) is 0 Å². The molecule has 0 bridgehead atoms. The molecule has 1 amide bonds. The zero-order valence-electron chi connectivity index (χ0n) is 17.7. The van der Waals surface area contributed by atoms with Crippen LogP contribution < -0.4 is 5.32 Å². The lowest BCUT2D eigenvalue weighted by Crippen LogP contribution is -2.36. The number of nitrogens with one attached hydrogen (secondary N) is 1. The van der Waals surface area contributed by atoms with Gasteiger partial charge < -0.3 is 9.88 Å². The molecule has 3 aromatic rings. The number of likely N-dealkylation sites (tertiary alicyclic amines) is 1. The van der Waals surface area contributed by atoms with Crippen LogP contribution in [-0.4, -0.2) is 33.4 Å². The summed E-state index contributed by atoms with van der Waals surface area (Å²) in [5.74, 6) is 1.15. The number of halogens is 1. The standard InChI is InChI=1S/C25H29FN4O/c26-23-10-2-1-8-21(23)17-28-25(31)13-12-20-7-5-15-29(18-20)19-22-9-6-16-30(22)24-11-3-4-14-27-24/h1-4,6,8-11,14,16,20H,5,7,12-13,15,17-19H2,(H,28,31)/t20-/m0/s1. The summed E-state index contributed by atoms with van der Waals surface area (Å²) in [5.41, 5.74) is 1.75. The van der Waals surface area contributed by atoms with Crippen LogP contribution in [0.4, 0.5) is 4.39 Å². The summed E-state index contributed by atoms with van der Waals surface area (Å²) < 4.78 is 15.8. The van der Waals surface area contributed by atoms with Crippen molar-refractivity contribution in [1.29, 1.82) is 0 Å². The van der Waals surface area contributed by atoms with Gasteiger partial charge in [0.1, 0.15) is 11.6 Å². The molecule has 31 heavy (non-hydrogen) atoms. The van der Waals surface area contributed by atoms with Gasteiger partial charge in [-0.25, -0.2) is 9.37 Å². The van der Waals surface area contributed by atoms with E-state index in [1.165, 1.54) is 11.8 Å². The first-order chi connectivity index (χ1) is 15.2. The maximum absolute atomic E-state index is 13.7. The second kappa shape index (κ2) is 10.4. The predicted octanol–water partition coefficient (Wildman–Crippen LogP) is 4.32. The normalized spacial score (nSPS) is 16.9. The Labute approximate surface area is 182 Å². The minimum absolute atomic E-state index is 0.00981. The minimum Gasteiger partial charge on any atom is -0.352 e. The molecule has 2 aromatic heterocycles. The number of carbonyl (C=O) groups excluding carboxylic acids is 1. The fraction of sp³-hybridized carbons (Fsp3) is 0.360. The second-order valence-corrected chi connectivity index (χ2v) is 8.21. The van der Waals surface area contributed by atoms with Crippen molar-refractivity contribution in [3.05, 3.63) is 84.1 Å². The van der Waals surface area contributed by atoms with Crippen molar-refractivity contribution in [2.45, 2.75) is 38.8 Å². The molecule has 5 nitrogen and oxygen atoms in total. The summed E-state index contributed by atoms with van der Waals surface area (Å²) in [6, 6.07) is 16.7. The highest BCUT2D eigenvalue weighted by atomic mass is 19.1. The largest absolute Gasteiger partial charge is 0.352 e. The lowest BCUT2D eigenvalue weighted by molar-refractivity contribution is -0.121. The molecule has 1 N–H and O–H groups in total. The second-order valence-electron chi connectivity index (χ2n) is 8.21. The monoisotopic (exact) mass is 420 g/mol. The van der Waals surface area contributed by atoms with Crippen LogP contribution in [0, 0.1) is 11.7 Å². The molecule has 1 aliphatic rings. The first-order valence-electron chi connectivity index (χ1n) is 11.0. The van der Waals surface area contributed by atoms with E-state index in [2.05, 4.69) is 38.1 Å². The van der Waals surface area contributed by atoms with E-state index in [0.717, 1.165) is 44.7 Å². The molecule has 1 atom stereocenters. The average Bonchev–Trinajstić information content (AvgIpc) is 3.26. The van der Waals surface area contributed by atoms with Gasteiger partial charge in [-0.15, -0.1) is 0 Å². The van der Waals surface area contributed by atoms with Crippen molar-refractivity contribution in [1.82, 2.24) is 19.8 Å². The van der Waals surface area contributed by atoms with Gasteiger partial charge in [-0.2, -0.15) is 0 Å². The van der Waals surface area contributed by atoms with Crippen molar-refractivity contribution in [3.8, 4) is 5.82 Å². The molecule has 1 saturated heterocycles. The fourth-order valence-corrected chi connectivity index (χ4v) is 4.28. The topological polar surface area (TPSA) is 50.2 Å². The van der Waals surface area contributed by atoms with Gasteiger partial charge in [-0.05, 0) is 62.1 Å². The lowest BCUT2D eigenvalue weighted by Gasteiger charge is -2.32. The van der Waals surface area contributed by atoms with Crippen LogP contribution in [-0.2, 0) is 17.9 Å². The number of benzene rings is 1. The highest BCUT2D eigenvalue weighted by molar-refractivity contribution is 5.75. The molecular weight excluding hydrogens is 391 g/mol. The van der Waals surface area contributed by atoms with Crippen molar-refractivity contribution >= 4 is 5.91 Å². The van der Waals surface area contributed by atoms with E-state index in [1.807, 2.05) is 24.4 Å². The molecule has 162 valence electrons. The molecular formula is C25H29FN4O. The number of aromatic nitrogens is 2. The highest BCUT2D eigenvalue weighted by Crippen LogP contribution is 2.23. The third-order valence-electron chi connectivity index (χ3n) is 5.93. The van der Waals surface area contributed by atoms with E-state index in [1.54, 1.807) is 18.2 Å². The summed E-state index contributed by atoms with van der Waals surface area (Å²) in [6.45, 7) is 3.18. The first kappa shape index (κ1) is 21.2. The van der Waals surface area contributed by atoms with Crippen LogP contribution in [0.25, 0.3) is 5.82 Å². The van der Waals surface area contributed by atoms with E-state index in [0.29, 0.717) is 17.9 Å². The van der Waals surface area contributed by atoms with Crippen LogP contribution in [0.15, 0.2) is 67.0 Å². The van der Waals surface area contributed by atoms with E-state index in [4.69, 9.17) is 0 Å². The van der Waals surface area contributed by atoms with Gasteiger partial charge in [0, 0.05) is 49.7 Å². The first-order valence-corrected chi connectivity index (χ1v) is 11.0. The Morgan fingerprint density at radius 1 is 1.13 bits per heavy atom. The van der Waals surface area contributed by atoms with Gasteiger partial charge >= 0.3 is 0 Å². The highest BCUT2D eigenvalue weighted by Gasteiger charge is 2.21. The smallest absolute Gasteiger partial charge is 0.220 e. The van der Waals surface area contributed by atoms with E-state index in [-0.39, 0.29) is 18.3 Å². The number of hydrogen-bond acceptors (Lipinski definition) is 3. The summed E-state index contributed by atoms with van der Waals surface area (Å²) in [5, 5.41) is 2.85.